The number of hydrogen-bond donors (Lipinski definition) is 1. The number of hydrogen-bond acceptors (Lipinski definition) is 9. The normalized spacial score (nSPS) is 15.2. The SMILES string of the molecule is COc1ccc(N(C(=O)Nc2ccc3c(c2)OCO3)C(C)c2nc3cc(F)ccc3c(=O)n2N2CCN(C)CC2)c(OC)c1. The monoisotopic (exact) mass is 604 g/mol. The molecular formula is C31H33FN6O6. The second kappa shape index (κ2) is 11.9. The van der Waals surface area contributed by atoms with Crippen LogP contribution in [0.4, 0.5) is 20.6 Å². The molecule has 1 fully saturated rings. The van der Waals surface area contributed by atoms with Gasteiger partial charge < -0.3 is 34.2 Å². The minimum atomic E-state index is -0.841. The lowest BCUT2D eigenvalue weighted by atomic mass is 10.1. The van der Waals surface area contributed by atoms with Gasteiger partial charge >= 0.3 is 6.03 Å². The summed E-state index contributed by atoms with van der Waals surface area (Å²) in [6.07, 6.45) is 0. The summed E-state index contributed by atoms with van der Waals surface area (Å²) in [6, 6.07) is 12.7. The molecule has 1 atom stereocenters. The molecule has 4 aromatic rings. The molecule has 2 aliphatic heterocycles. The molecule has 0 aliphatic carbocycles. The van der Waals surface area contributed by atoms with E-state index in [0.29, 0.717) is 47.5 Å². The fourth-order valence-corrected chi connectivity index (χ4v) is 5.46. The molecule has 0 saturated carbocycles. The van der Waals surface area contributed by atoms with Gasteiger partial charge in [-0.2, -0.15) is 0 Å². The molecule has 44 heavy (non-hydrogen) atoms. The molecule has 2 aliphatic rings. The first kappa shape index (κ1) is 29.1. The fourth-order valence-electron chi connectivity index (χ4n) is 5.46. The summed E-state index contributed by atoms with van der Waals surface area (Å²) < 4.78 is 37.9. The summed E-state index contributed by atoms with van der Waals surface area (Å²) in [6.45, 7) is 4.42. The average Bonchev–Trinajstić information content (AvgIpc) is 3.49. The van der Waals surface area contributed by atoms with E-state index in [1.54, 1.807) is 43.3 Å². The highest BCUT2D eigenvalue weighted by molar-refractivity contribution is 6.03. The van der Waals surface area contributed by atoms with Crippen LogP contribution in [0.5, 0.6) is 23.0 Å². The Bertz CT molecular complexity index is 1770. The largest absolute Gasteiger partial charge is 0.497 e. The van der Waals surface area contributed by atoms with E-state index in [4.69, 9.17) is 23.9 Å². The number of nitrogens with zero attached hydrogens (tertiary/aromatic N) is 5. The molecule has 3 aromatic carbocycles. The van der Waals surface area contributed by atoms with E-state index >= 15 is 0 Å². The summed E-state index contributed by atoms with van der Waals surface area (Å²) in [5, 5.41) is 5.13. The van der Waals surface area contributed by atoms with Gasteiger partial charge in [0.25, 0.3) is 5.56 Å². The maximum atomic E-state index is 14.4. The van der Waals surface area contributed by atoms with Crippen LogP contribution in [0.15, 0.2) is 59.4 Å². The van der Waals surface area contributed by atoms with Crippen molar-refractivity contribution >= 4 is 28.3 Å². The van der Waals surface area contributed by atoms with Crippen LogP contribution >= 0.6 is 0 Å². The van der Waals surface area contributed by atoms with E-state index in [0.717, 1.165) is 13.1 Å². The molecule has 2 amide bonds. The number of methoxy groups -OCH3 is 2. The lowest BCUT2D eigenvalue weighted by molar-refractivity contribution is 0.174. The minimum Gasteiger partial charge on any atom is -0.497 e. The van der Waals surface area contributed by atoms with Crippen molar-refractivity contribution < 1.29 is 28.1 Å². The van der Waals surface area contributed by atoms with E-state index in [1.807, 2.05) is 12.1 Å². The van der Waals surface area contributed by atoms with Crippen LogP contribution < -0.4 is 39.7 Å². The van der Waals surface area contributed by atoms with Crippen LogP contribution in [0.3, 0.4) is 0 Å². The number of ether oxygens (including phenoxy) is 4. The number of fused-ring (bicyclic) bond motifs is 2. The number of urea groups is 1. The second-order valence-electron chi connectivity index (χ2n) is 10.6. The van der Waals surface area contributed by atoms with Crippen LogP contribution in [-0.2, 0) is 0 Å². The van der Waals surface area contributed by atoms with Crippen molar-refractivity contribution in [3.8, 4) is 23.0 Å². The Morgan fingerprint density at radius 1 is 1.00 bits per heavy atom. The molecule has 0 bridgehead atoms. The van der Waals surface area contributed by atoms with Crippen LogP contribution in [0, 0.1) is 5.82 Å². The first-order chi connectivity index (χ1) is 21.3. The van der Waals surface area contributed by atoms with Gasteiger partial charge in [-0.25, -0.2) is 18.8 Å². The quantitative estimate of drug-likeness (QED) is 0.335. The zero-order valence-corrected chi connectivity index (χ0v) is 24.9. The van der Waals surface area contributed by atoms with Gasteiger partial charge in [0.15, 0.2) is 17.3 Å². The third-order valence-electron chi connectivity index (χ3n) is 7.85. The second-order valence-corrected chi connectivity index (χ2v) is 10.6. The number of aromatic nitrogens is 2. The van der Waals surface area contributed by atoms with Crippen LogP contribution in [0.25, 0.3) is 10.9 Å². The van der Waals surface area contributed by atoms with Gasteiger partial charge in [-0.05, 0) is 50.4 Å². The average molecular weight is 605 g/mol. The highest BCUT2D eigenvalue weighted by Crippen LogP contribution is 2.38. The zero-order valence-electron chi connectivity index (χ0n) is 24.9. The molecule has 0 spiro atoms. The van der Waals surface area contributed by atoms with Gasteiger partial charge in [0, 0.05) is 50.1 Å². The predicted molar refractivity (Wildman–Crippen MR) is 163 cm³/mol. The van der Waals surface area contributed by atoms with Gasteiger partial charge in [-0.1, -0.05) is 0 Å². The fraction of sp³-hybridized carbons (Fsp3) is 0.323. The third-order valence-corrected chi connectivity index (χ3v) is 7.85. The number of anilines is 2. The van der Waals surface area contributed by atoms with Gasteiger partial charge in [-0.15, -0.1) is 0 Å². The van der Waals surface area contributed by atoms with Crippen LogP contribution in [0.2, 0.25) is 0 Å². The van der Waals surface area contributed by atoms with Gasteiger partial charge in [0.2, 0.25) is 6.79 Å². The Morgan fingerprint density at radius 2 is 1.77 bits per heavy atom. The molecule has 6 rings (SSSR count). The lowest BCUT2D eigenvalue weighted by Crippen LogP contribution is -2.55. The molecule has 1 N–H and O–H groups in total. The number of halogens is 1. The van der Waals surface area contributed by atoms with E-state index in [-0.39, 0.29) is 29.1 Å². The Kier molecular flexibility index (Phi) is 7.87. The van der Waals surface area contributed by atoms with E-state index < -0.39 is 17.9 Å². The molecule has 12 nitrogen and oxygen atoms in total. The van der Waals surface area contributed by atoms with Crippen molar-refractivity contribution in [1.29, 1.82) is 0 Å². The van der Waals surface area contributed by atoms with E-state index in [1.165, 1.54) is 42.0 Å². The number of nitrogens with one attached hydrogen (secondary N) is 1. The van der Waals surface area contributed by atoms with Crippen molar-refractivity contribution in [2.75, 3.05) is 69.5 Å². The Labute approximate surface area is 253 Å². The first-order valence-corrected chi connectivity index (χ1v) is 14.1. The van der Waals surface area contributed by atoms with Gasteiger partial charge in [-0.3, -0.25) is 9.69 Å². The summed E-state index contributed by atoms with van der Waals surface area (Å²) in [5.74, 6) is 1.71. The smallest absolute Gasteiger partial charge is 0.327 e. The van der Waals surface area contributed by atoms with E-state index in [9.17, 15) is 14.0 Å². The first-order valence-electron chi connectivity index (χ1n) is 14.1. The standard InChI is InChI=1S/C31H33FN6O6/c1-19(29-34-24-15-20(32)5-8-23(24)30(39)38(29)36-13-11-35(2)12-14-36)37(25-9-7-22(41-3)17-27(25)42-4)31(40)33-21-6-10-26-28(16-21)44-18-43-26/h5-10,15-17,19H,11-14,18H2,1-4H3,(H,33,40). The Morgan fingerprint density at radius 3 is 2.52 bits per heavy atom. The van der Waals surface area contributed by atoms with Crippen molar-refractivity contribution in [2.45, 2.75) is 13.0 Å². The molecule has 13 heteroatoms. The molecule has 0 radical (unpaired) electrons. The highest BCUT2D eigenvalue weighted by Gasteiger charge is 2.32. The molecular weight excluding hydrogens is 571 g/mol. The molecule has 230 valence electrons. The molecule has 3 heterocycles. The summed E-state index contributed by atoms with van der Waals surface area (Å²) in [7, 11) is 5.05. The van der Waals surface area contributed by atoms with Crippen molar-refractivity contribution in [3.05, 3.63) is 76.6 Å². The number of carbonyl (C=O) groups excluding carboxylic acids is 1. The molecule has 1 aromatic heterocycles. The number of rotatable bonds is 7. The number of carbonyl (C=O) groups is 1. The van der Waals surface area contributed by atoms with E-state index in [2.05, 4.69) is 10.2 Å². The summed E-state index contributed by atoms with van der Waals surface area (Å²) >= 11 is 0. The summed E-state index contributed by atoms with van der Waals surface area (Å²) in [5.41, 5.74) is 0.714. The van der Waals surface area contributed by atoms with Crippen molar-refractivity contribution in [2.24, 2.45) is 0 Å². The third kappa shape index (κ3) is 5.41. The number of piperazine rings is 1. The number of benzene rings is 3. The van der Waals surface area contributed by atoms with Crippen molar-refractivity contribution in [1.82, 2.24) is 14.6 Å². The van der Waals surface area contributed by atoms with Crippen molar-refractivity contribution in [3.63, 3.8) is 0 Å². The Hall–Kier alpha value is -5.04. The van der Waals surface area contributed by atoms with Gasteiger partial charge in [0.05, 0.1) is 36.9 Å². The summed E-state index contributed by atoms with van der Waals surface area (Å²) in [4.78, 5) is 36.7. The number of amides is 2. The predicted octanol–water partition coefficient (Wildman–Crippen LogP) is 3.96. The Balaban J connectivity index is 1.50. The maximum absolute atomic E-state index is 14.4. The number of likely N-dealkylation sites (N-methyl/N-ethyl adjacent to an activating group) is 1. The topological polar surface area (TPSA) is 111 Å². The minimum absolute atomic E-state index is 0.0942. The zero-order chi connectivity index (χ0) is 31.0. The van der Waals surface area contributed by atoms with Gasteiger partial charge in [0.1, 0.15) is 17.3 Å². The van der Waals surface area contributed by atoms with Crippen LogP contribution in [0.1, 0.15) is 18.8 Å². The molecule has 1 unspecified atom stereocenters. The lowest BCUT2D eigenvalue weighted by Gasteiger charge is -2.38. The molecule has 1 saturated heterocycles. The van der Waals surface area contributed by atoms with Crippen LogP contribution in [-0.4, -0.2) is 74.8 Å². The maximum Gasteiger partial charge on any atom is 0.327 e. The highest BCUT2D eigenvalue weighted by atomic mass is 19.1.